The van der Waals surface area contributed by atoms with Crippen molar-refractivity contribution >= 4 is 11.9 Å². The van der Waals surface area contributed by atoms with Crippen molar-refractivity contribution in [2.75, 3.05) is 13.2 Å². The summed E-state index contributed by atoms with van der Waals surface area (Å²) in [4.78, 5) is 24.8. The molecule has 0 bridgehead atoms. The molecule has 1 unspecified atom stereocenters. The molecule has 0 amide bonds. The zero-order valence-electron chi connectivity index (χ0n) is 63.5. The molecule has 0 aromatic rings. The molecule has 0 aliphatic heterocycles. The summed E-state index contributed by atoms with van der Waals surface area (Å²) in [6.07, 6.45) is 119. The molecule has 0 fully saturated rings. The van der Waals surface area contributed by atoms with Crippen LogP contribution in [0.1, 0.15) is 463 Å². The maximum atomic E-state index is 12.4. The molecule has 5 nitrogen and oxygen atoms in total. The van der Waals surface area contributed by atoms with E-state index in [0.717, 1.165) is 64.2 Å². The first-order valence-electron chi connectivity index (χ1n) is 42.5. The number of hydrogen-bond acceptors (Lipinski definition) is 5. The normalized spacial score (nSPS) is 12.5. The second-order valence-electron chi connectivity index (χ2n) is 28.9. The van der Waals surface area contributed by atoms with Gasteiger partial charge in [-0.1, -0.05) is 440 Å². The molecule has 1 atom stereocenters. The summed E-state index contributed by atoms with van der Waals surface area (Å²) in [6.45, 7) is 4.08. The Balaban J connectivity index is 3.35. The highest BCUT2D eigenvalue weighted by molar-refractivity contribution is 5.70. The van der Waals surface area contributed by atoms with Crippen molar-refractivity contribution in [1.82, 2.24) is 0 Å². The van der Waals surface area contributed by atoms with Gasteiger partial charge in [0.2, 0.25) is 0 Å². The van der Waals surface area contributed by atoms with Crippen LogP contribution >= 0.6 is 0 Å². The van der Waals surface area contributed by atoms with Gasteiger partial charge in [-0.25, -0.2) is 0 Å². The zero-order valence-corrected chi connectivity index (χ0v) is 63.5. The van der Waals surface area contributed by atoms with E-state index in [-0.39, 0.29) is 25.2 Å². The van der Waals surface area contributed by atoms with Gasteiger partial charge in [-0.15, -0.1) is 0 Å². The smallest absolute Gasteiger partial charge is 0.306 e. The summed E-state index contributed by atoms with van der Waals surface area (Å²) in [5.41, 5.74) is 0. The Hall–Kier alpha value is -2.66. The largest absolute Gasteiger partial charge is 0.462 e. The van der Waals surface area contributed by atoms with Crippen LogP contribution < -0.4 is 0 Å². The topological polar surface area (TPSA) is 72.8 Å². The molecule has 5 heteroatoms. The summed E-state index contributed by atoms with van der Waals surface area (Å²) < 4.78 is 10.8. The van der Waals surface area contributed by atoms with Gasteiger partial charge < -0.3 is 14.6 Å². The number of carbonyl (C=O) groups excluding carboxylic acids is 2. The van der Waals surface area contributed by atoms with Crippen molar-refractivity contribution in [3.05, 3.63) is 72.9 Å². The molecule has 0 heterocycles. The van der Waals surface area contributed by atoms with Crippen LogP contribution in [-0.2, 0) is 19.1 Å². The number of aliphatic hydroxyl groups excluding tert-OH is 1. The van der Waals surface area contributed by atoms with Crippen LogP contribution in [0.5, 0.6) is 0 Å². The predicted molar refractivity (Wildman–Crippen MR) is 417 cm³/mol. The maximum absolute atomic E-state index is 12.4. The van der Waals surface area contributed by atoms with Crippen molar-refractivity contribution in [3.63, 3.8) is 0 Å². The lowest BCUT2D eigenvalue weighted by Crippen LogP contribution is -2.28. The number of rotatable bonds is 80. The summed E-state index contributed by atoms with van der Waals surface area (Å²) in [7, 11) is 0. The summed E-state index contributed by atoms with van der Waals surface area (Å²) >= 11 is 0. The zero-order chi connectivity index (χ0) is 67.5. The average Bonchev–Trinajstić information content (AvgIpc) is 3.77. The summed E-state index contributed by atoms with van der Waals surface area (Å²) in [5.74, 6) is -0.562. The van der Waals surface area contributed by atoms with Gasteiger partial charge in [0.15, 0.2) is 6.10 Å². The molecular weight excluding hydrogens is 1150 g/mol. The average molecular weight is 1310 g/mol. The highest BCUT2D eigenvalue weighted by Gasteiger charge is 2.16. The minimum Gasteiger partial charge on any atom is -0.462 e. The van der Waals surface area contributed by atoms with Gasteiger partial charge >= 0.3 is 11.9 Å². The molecule has 0 radical (unpaired) electrons. The van der Waals surface area contributed by atoms with Crippen molar-refractivity contribution in [3.8, 4) is 0 Å². The van der Waals surface area contributed by atoms with Crippen LogP contribution in [0, 0.1) is 0 Å². The first-order chi connectivity index (χ1) is 46.6. The molecule has 550 valence electrons. The van der Waals surface area contributed by atoms with Crippen LogP contribution in [0.4, 0.5) is 0 Å². The van der Waals surface area contributed by atoms with E-state index in [4.69, 9.17) is 9.47 Å². The van der Waals surface area contributed by atoms with E-state index in [1.54, 1.807) is 0 Å². The first kappa shape index (κ1) is 91.3. The maximum Gasteiger partial charge on any atom is 0.306 e. The van der Waals surface area contributed by atoms with Gasteiger partial charge in [0, 0.05) is 12.8 Å². The molecule has 0 spiro atoms. The minimum atomic E-state index is -0.771. The van der Waals surface area contributed by atoms with Crippen LogP contribution in [-0.4, -0.2) is 36.4 Å². The van der Waals surface area contributed by atoms with Crippen molar-refractivity contribution < 1.29 is 24.2 Å². The van der Waals surface area contributed by atoms with Gasteiger partial charge in [0.1, 0.15) is 6.61 Å². The van der Waals surface area contributed by atoms with E-state index in [9.17, 15) is 14.7 Å². The number of carbonyl (C=O) groups is 2. The van der Waals surface area contributed by atoms with E-state index in [0.29, 0.717) is 12.8 Å². The monoisotopic (exact) mass is 1310 g/mol. The Morgan fingerprint density at radius 2 is 0.457 bits per heavy atom. The summed E-state index contributed by atoms with van der Waals surface area (Å²) in [5, 5.41) is 9.74. The molecule has 0 saturated carbocycles. The Morgan fingerprint density at radius 3 is 0.691 bits per heavy atom. The SMILES string of the molecule is CC/C=C\C/C=C\C/C=C\C/C=C\CCCCCCCCCCCCCCCCCCCCCCCCCCCCCCC(=O)OC(CO)COC(=O)CCCCCCCCCCCCCCCCCCCCCCCCCCCCC/C=C\C/C=C\CCCCCCC. The standard InChI is InChI=1S/C89H164O5/c1-3-5-7-9-11-13-15-17-19-21-23-25-27-29-31-33-35-37-39-41-43-44-46-48-50-52-54-56-58-60-62-64-66-68-70-72-74-76-78-80-82-84-89(92)94-87(85-90)86-93-88(91)83-81-79-77-75-73-71-69-67-65-63-61-59-57-55-53-51-49-47-45-42-40-38-36-34-32-30-28-26-24-22-20-18-16-14-12-10-8-6-4-2/h5,7,11,13,16-19,22-25,87,90H,3-4,6,8-10,12,14-15,20-21,26-86H2,1-2H3/b7-5-,13-11-,18-16-,19-17-,24-22-,25-23-. The third kappa shape index (κ3) is 81.8. The lowest BCUT2D eigenvalue weighted by atomic mass is 10.0. The first-order valence-corrected chi connectivity index (χ1v) is 42.5. The van der Waals surface area contributed by atoms with Gasteiger partial charge in [-0.05, 0) is 83.5 Å². The Labute approximate surface area is 588 Å². The highest BCUT2D eigenvalue weighted by Crippen LogP contribution is 2.20. The second kappa shape index (κ2) is 84.6. The number of allylic oxidation sites excluding steroid dienone is 12. The van der Waals surface area contributed by atoms with Gasteiger partial charge in [0.05, 0.1) is 6.61 Å². The van der Waals surface area contributed by atoms with E-state index in [1.807, 2.05) is 0 Å². The molecule has 1 N–H and O–H groups in total. The fourth-order valence-electron chi connectivity index (χ4n) is 13.2. The third-order valence-corrected chi connectivity index (χ3v) is 19.5. The summed E-state index contributed by atoms with van der Waals surface area (Å²) in [6, 6.07) is 0. The molecular formula is C89H164O5. The van der Waals surface area contributed by atoms with Gasteiger partial charge in [0.25, 0.3) is 0 Å². The lowest BCUT2D eigenvalue weighted by molar-refractivity contribution is -0.161. The van der Waals surface area contributed by atoms with Crippen molar-refractivity contribution in [2.45, 2.75) is 469 Å². The van der Waals surface area contributed by atoms with Gasteiger partial charge in [-0.2, -0.15) is 0 Å². The van der Waals surface area contributed by atoms with Crippen LogP contribution in [0.15, 0.2) is 72.9 Å². The van der Waals surface area contributed by atoms with Crippen LogP contribution in [0.3, 0.4) is 0 Å². The number of aliphatic hydroxyl groups is 1. The molecule has 0 aromatic heterocycles. The fourth-order valence-corrected chi connectivity index (χ4v) is 13.2. The Morgan fingerprint density at radius 1 is 0.255 bits per heavy atom. The van der Waals surface area contributed by atoms with E-state index < -0.39 is 6.10 Å². The number of unbranched alkanes of at least 4 members (excludes halogenated alkanes) is 60. The number of ether oxygens (including phenoxy) is 2. The minimum absolute atomic E-state index is 0.0592. The fraction of sp³-hybridized carbons (Fsp3) is 0.843. The Kier molecular flexibility index (Phi) is 82.2. The quantitative estimate of drug-likeness (QED) is 0.0373. The van der Waals surface area contributed by atoms with Crippen LogP contribution in [0.2, 0.25) is 0 Å². The number of esters is 2. The third-order valence-electron chi connectivity index (χ3n) is 19.5. The van der Waals surface area contributed by atoms with E-state index in [1.165, 1.54) is 372 Å². The van der Waals surface area contributed by atoms with E-state index >= 15 is 0 Å². The molecule has 0 saturated heterocycles. The molecule has 0 rings (SSSR count). The molecule has 94 heavy (non-hydrogen) atoms. The lowest BCUT2D eigenvalue weighted by Gasteiger charge is -2.15. The van der Waals surface area contributed by atoms with E-state index in [2.05, 4.69) is 86.8 Å². The highest BCUT2D eigenvalue weighted by atomic mass is 16.6. The number of hydrogen-bond donors (Lipinski definition) is 1. The Bertz CT molecular complexity index is 1640. The van der Waals surface area contributed by atoms with Gasteiger partial charge in [-0.3, -0.25) is 9.59 Å². The molecule has 0 aromatic carbocycles. The second-order valence-corrected chi connectivity index (χ2v) is 28.9. The van der Waals surface area contributed by atoms with Crippen molar-refractivity contribution in [1.29, 1.82) is 0 Å². The molecule has 0 aliphatic carbocycles. The molecule has 0 aliphatic rings. The van der Waals surface area contributed by atoms with Crippen molar-refractivity contribution in [2.24, 2.45) is 0 Å². The predicted octanol–water partition coefficient (Wildman–Crippen LogP) is 30.1. The van der Waals surface area contributed by atoms with Crippen LogP contribution in [0.25, 0.3) is 0 Å².